The summed E-state index contributed by atoms with van der Waals surface area (Å²) in [5, 5.41) is 9.38. The van der Waals surface area contributed by atoms with Crippen LogP contribution < -0.4 is 5.73 Å². The third-order valence-corrected chi connectivity index (χ3v) is 2.05. The second-order valence-corrected chi connectivity index (χ2v) is 2.90. The van der Waals surface area contributed by atoms with E-state index in [-0.39, 0.29) is 5.88 Å². The second kappa shape index (κ2) is 4.25. The Bertz CT molecular complexity index is 314. The number of nitrogens with two attached hydrogens (primary N) is 1. The molecule has 1 aromatic carbocycles. The second-order valence-electron chi connectivity index (χ2n) is 2.64. The Morgan fingerprint density at radius 3 is 2.69 bits per heavy atom. The Balaban J connectivity index is 3.05. The topological polar surface area (TPSA) is 63.3 Å². The number of halogens is 1. The SMILES string of the molecule is NC(=O)C(O)c1ccccc1CCl. The van der Waals surface area contributed by atoms with Crippen molar-refractivity contribution in [1.29, 1.82) is 0 Å². The normalized spacial score (nSPS) is 12.5. The molecule has 3 N–H and O–H groups in total. The van der Waals surface area contributed by atoms with Gasteiger partial charge in [-0.2, -0.15) is 0 Å². The maximum atomic E-state index is 10.7. The van der Waals surface area contributed by atoms with Crippen LogP contribution in [0.15, 0.2) is 24.3 Å². The van der Waals surface area contributed by atoms with E-state index in [1.54, 1.807) is 24.3 Å². The van der Waals surface area contributed by atoms with Crippen LogP contribution in [0.3, 0.4) is 0 Å². The number of primary amides is 1. The van der Waals surface area contributed by atoms with Crippen LogP contribution in [0.4, 0.5) is 0 Å². The summed E-state index contributed by atoms with van der Waals surface area (Å²) in [7, 11) is 0. The lowest BCUT2D eigenvalue weighted by Crippen LogP contribution is -2.21. The van der Waals surface area contributed by atoms with Crippen molar-refractivity contribution < 1.29 is 9.90 Å². The summed E-state index contributed by atoms with van der Waals surface area (Å²) in [5.41, 5.74) is 6.15. The number of carbonyl (C=O) groups excluding carboxylic acids is 1. The third kappa shape index (κ3) is 2.20. The molecule has 0 aliphatic carbocycles. The molecule has 70 valence electrons. The first-order valence-corrected chi connectivity index (χ1v) is 4.31. The number of aliphatic hydroxyl groups is 1. The Labute approximate surface area is 81.1 Å². The lowest BCUT2D eigenvalue weighted by Gasteiger charge is -2.10. The number of hydrogen-bond donors (Lipinski definition) is 2. The van der Waals surface area contributed by atoms with Gasteiger partial charge in [-0.15, -0.1) is 11.6 Å². The van der Waals surface area contributed by atoms with Crippen molar-refractivity contribution in [1.82, 2.24) is 0 Å². The number of rotatable bonds is 3. The van der Waals surface area contributed by atoms with Crippen LogP contribution in [0.1, 0.15) is 17.2 Å². The summed E-state index contributed by atoms with van der Waals surface area (Å²) in [6.45, 7) is 0. The maximum Gasteiger partial charge on any atom is 0.250 e. The molecule has 0 aliphatic rings. The van der Waals surface area contributed by atoms with Gasteiger partial charge in [0, 0.05) is 5.88 Å². The highest BCUT2D eigenvalue weighted by Crippen LogP contribution is 2.18. The fourth-order valence-corrected chi connectivity index (χ4v) is 1.32. The van der Waals surface area contributed by atoms with E-state index in [0.29, 0.717) is 5.56 Å². The summed E-state index contributed by atoms with van der Waals surface area (Å²) in [4.78, 5) is 10.7. The standard InChI is InChI=1S/C9H10ClNO2/c10-5-6-3-1-2-4-7(6)8(12)9(11)13/h1-4,8,12H,5H2,(H2,11,13). The molecule has 3 nitrogen and oxygen atoms in total. The number of aliphatic hydroxyl groups excluding tert-OH is 1. The Morgan fingerprint density at radius 2 is 2.15 bits per heavy atom. The van der Waals surface area contributed by atoms with Crippen LogP contribution >= 0.6 is 11.6 Å². The summed E-state index contributed by atoms with van der Waals surface area (Å²) in [5.74, 6) is -0.516. The van der Waals surface area contributed by atoms with Crippen molar-refractivity contribution in [3.05, 3.63) is 35.4 Å². The van der Waals surface area contributed by atoms with Gasteiger partial charge in [0.25, 0.3) is 5.91 Å². The molecular weight excluding hydrogens is 190 g/mol. The molecule has 13 heavy (non-hydrogen) atoms. The molecular formula is C9H10ClNO2. The summed E-state index contributed by atoms with van der Waals surface area (Å²) < 4.78 is 0. The van der Waals surface area contributed by atoms with E-state index in [2.05, 4.69) is 0 Å². The average molecular weight is 200 g/mol. The number of benzene rings is 1. The van der Waals surface area contributed by atoms with E-state index in [1.807, 2.05) is 0 Å². The van der Waals surface area contributed by atoms with E-state index in [4.69, 9.17) is 17.3 Å². The number of carbonyl (C=O) groups is 1. The average Bonchev–Trinajstić information content (AvgIpc) is 2.16. The van der Waals surface area contributed by atoms with Gasteiger partial charge in [0.2, 0.25) is 0 Å². The Hall–Kier alpha value is -1.06. The zero-order chi connectivity index (χ0) is 9.84. The highest BCUT2D eigenvalue weighted by molar-refractivity contribution is 6.17. The van der Waals surface area contributed by atoms with Crippen LogP contribution in [-0.2, 0) is 10.7 Å². The van der Waals surface area contributed by atoms with Gasteiger partial charge in [-0.05, 0) is 11.1 Å². The lowest BCUT2D eigenvalue weighted by atomic mass is 10.0. The van der Waals surface area contributed by atoms with Crippen LogP contribution in [0, 0.1) is 0 Å². The van der Waals surface area contributed by atoms with Gasteiger partial charge in [0.15, 0.2) is 6.10 Å². The summed E-state index contributed by atoms with van der Waals surface area (Å²) >= 11 is 5.62. The van der Waals surface area contributed by atoms with E-state index in [1.165, 1.54) is 0 Å². The zero-order valence-corrected chi connectivity index (χ0v) is 7.66. The van der Waals surface area contributed by atoms with Crippen molar-refractivity contribution in [2.24, 2.45) is 5.73 Å². The highest BCUT2D eigenvalue weighted by atomic mass is 35.5. The van der Waals surface area contributed by atoms with Crippen LogP contribution in [0.5, 0.6) is 0 Å². The van der Waals surface area contributed by atoms with Crippen LogP contribution in [-0.4, -0.2) is 11.0 Å². The van der Waals surface area contributed by atoms with E-state index >= 15 is 0 Å². The van der Waals surface area contributed by atoms with E-state index in [0.717, 1.165) is 5.56 Å². The van der Waals surface area contributed by atoms with Crippen molar-refractivity contribution in [2.45, 2.75) is 12.0 Å². The molecule has 0 heterocycles. The molecule has 0 bridgehead atoms. The van der Waals surface area contributed by atoms with Gasteiger partial charge in [-0.3, -0.25) is 4.79 Å². The van der Waals surface area contributed by atoms with Crippen molar-refractivity contribution in [2.75, 3.05) is 0 Å². The minimum absolute atomic E-state index is 0.251. The molecule has 0 radical (unpaired) electrons. The summed E-state index contributed by atoms with van der Waals surface area (Å²) in [6.07, 6.45) is -1.27. The molecule has 1 unspecified atom stereocenters. The minimum atomic E-state index is -1.27. The molecule has 1 aromatic rings. The van der Waals surface area contributed by atoms with Gasteiger partial charge in [-0.1, -0.05) is 24.3 Å². The largest absolute Gasteiger partial charge is 0.378 e. The number of alkyl halides is 1. The fraction of sp³-hybridized carbons (Fsp3) is 0.222. The van der Waals surface area contributed by atoms with Gasteiger partial charge in [-0.25, -0.2) is 0 Å². The molecule has 0 saturated heterocycles. The van der Waals surface area contributed by atoms with Crippen molar-refractivity contribution in [3.8, 4) is 0 Å². The van der Waals surface area contributed by atoms with E-state index < -0.39 is 12.0 Å². The van der Waals surface area contributed by atoms with Gasteiger partial charge >= 0.3 is 0 Å². The molecule has 1 rings (SSSR count). The molecule has 0 saturated carbocycles. The van der Waals surface area contributed by atoms with E-state index in [9.17, 15) is 9.90 Å². The maximum absolute atomic E-state index is 10.7. The first kappa shape index (κ1) is 10.0. The monoisotopic (exact) mass is 199 g/mol. The van der Waals surface area contributed by atoms with Crippen LogP contribution in [0.2, 0.25) is 0 Å². The molecule has 1 amide bonds. The molecule has 0 aromatic heterocycles. The quantitative estimate of drug-likeness (QED) is 0.712. The molecule has 0 fully saturated rings. The zero-order valence-electron chi connectivity index (χ0n) is 6.90. The highest BCUT2D eigenvalue weighted by Gasteiger charge is 2.16. The fourth-order valence-electron chi connectivity index (χ4n) is 1.08. The molecule has 1 atom stereocenters. The van der Waals surface area contributed by atoms with Crippen LogP contribution in [0.25, 0.3) is 0 Å². The first-order valence-electron chi connectivity index (χ1n) is 3.78. The van der Waals surface area contributed by atoms with Crippen molar-refractivity contribution in [3.63, 3.8) is 0 Å². The third-order valence-electron chi connectivity index (χ3n) is 1.76. The lowest BCUT2D eigenvalue weighted by molar-refractivity contribution is -0.126. The molecule has 4 heteroatoms. The Morgan fingerprint density at radius 1 is 1.54 bits per heavy atom. The van der Waals surface area contributed by atoms with Gasteiger partial charge in [0.05, 0.1) is 0 Å². The molecule has 0 aliphatic heterocycles. The molecule has 0 spiro atoms. The minimum Gasteiger partial charge on any atom is -0.378 e. The predicted molar refractivity (Wildman–Crippen MR) is 50.2 cm³/mol. The smallest absolute Gasteiger partial charge is 0.250 e. The van der Waals surface area contributed by atoms with Gasteiger partial charge in [0.1, 0.15) is 0 Å². The van der Waals surface area contributed by atoms with Crippen molar-refractivity contribution >= 4 is 17.5 Å². The predicted octanol–water partition coefficient (Wildman–Crippen LogP) is 0.944. The first-order chi connectivity index (χ1) is 6.16. The van der Waals surface area contributed by atoms with Gasteiger partial charge < -0.3 is 10.8 Å². The summed E-state index contributed by atoms with van der Waals surface area (Å²) in [6, 6.07) is 6.88. The number of hydrogen-bond acceptors (Lipinski definition) is 2. The Kier molecular flexibility index (Phi) is 3.28. The number of amides is 1.